The van der Waals surface area contributed by atoms with Crippen LogP contribution in [0.3, 0.4) is 0 Å². The number of halogens is 2. The van der Waals surface area contributed by atoms with Gasteiger partial charge in [-0.15, -0.1) is 0 Å². The maximum atomic E-state index is 12.0. The van der Waals surface area contributed by atoms with Gasteiger partial charge in [0.05, 0.1) is 7.11 Å². The van der Waals surface area contributed by atoms with Crippen LogP contribution in [0.1, 0.15) is 5.56 Å². The largest absolute Gasteiger partial charge is 0.497 e. The molecule has 0 atom stereocenters. The normalized spacial score (nSPS) is 10.2. The van der Waals surface area contributed by atoms with Crippen LogP contribution >= 0.6 is 27.5 Å². The van der Waals surface area contributed by atoms with Gasteiger partial charge in [0.1, 0.15) is 18.1 Å². The van der Waals surface area contributed by atoms with Crippen molar-refractivity contribution in [2.24, 2.45) is 0 Å². The van der Waals surface area contributed by atoms with Crippen LogP contribution < -0.4 is 9.47 Å². The first-order chi connectivity index (χ1) is 10.1. The van der Waals surface area contributed by atoms with Crippen LogP contribution in [0.2, 0.25) is 5.02 Å². The molecule has 0 radical (unpaired) electrons. The molecular formula is C16H14BrClO3. The maximum absolute atomic E-state index is 12.0. The fourth-order valence-corrected chi connectivity index (χ4v) is 2.28. The van der Waals surface area contributed by atoms with Crippen molar-refractivity contribution in [1.29, 1.82) is 0 Å². The molecule has 0 aromatic heterocycles. The Morgan fingerprint density at radius 1 is 1.14 bits per heavy atom. The molecule has 0 spiro atoms. The highest BCUT2D eigenvalue weighted by Gasteiger charge is 2.09. The lowest BCUT2D eigenvalue weighted by atomic mass is 10.1. The van der Waals surface area contributed by atoms with Crippen molar-refractivity contribution in [3.05, 3.63) is 57.5 Å². The van der Waals surface area contributed by atoms with E-state index in [2.05, 4.69) is 15.9 Å². The van der Waals surface area contributed by atoms with Crippen molar-refractivity contribution in [1.82, 2.24) is 0 Å². The van der Waals surface area contributed by atoms with Crippen LogP contribution in [0.15, 0.2) is 46.9 Å². The molecule has 0 N–H and O–H groups in total. The zero-order valence-electron chi connectivity index (χ0n) is 11.4. The average Bonchev–Trinajstić information content (AvgIpc) is 2.49. The van der Waals surface area contributed by atoms with E-state index >= 15 is 0 Å². The fourth-order valence-electron chi connectivity index (χ4n) is 1.77. The Morgan fingerprint density at radius 2 is 1.81 bits per heavy atom. The standard InChI is InChI=1S/C16H14BrClO3/c1-20-15-6-7-16(17)11(9-15)8-13(19)10-21-14-4-2-12(18)3-5-14/h2-7,9H,8,10H2,1H3. The molecule has 0 amide bonds. The first-order valence-corrected chi connectivity index (χ1v) is 7.48. The number of ether oxygens (including phenoxy) is 2. The minimum atomic E-state index is -0.0149. The summed E-state index contributed by atoms with van der Waals surface area (Å²) in [6.45, 7) is 0.0191. The van der Waals surface area contributed by atoms with Gasteiger partial charge in [-0.2, -0.15) is 0 Å². The van der Waals surface area contributed by atoms with Crippen molar-refractivity contribution in [2.45, 2.75) is 6.42 Å². The summed E-state index contributed by atoms with van der Waals surface area (Å²) in [6, 6.07) is 12.4. The summed E-state index contributed by atoms with van der Waals surface area (Å²) in [4.78, 5) is 12.0. The average molecular weight is 370 g/mol. The second kappa shape index (κ2) is 7.48. The Morgan fingerprint density at radius 3 is 2.48 bits per heavy atom. The Bertz CT molecular complexity index is 626. The Labute approximate surface area is 137 Å². The minimum absolute atomic E-state index is 0.0149. The summed E-state index contributed by atoms with van der Waals surface area (Å²) in [5.74, 6) is 1.33. The minimum Gasteiger partial charge on any atom is -0.497 e. The van der Waals surface area contributed by atoms with E-state index in [-0.39, 0.29) is 18.8 Å². The van der Waals surface area contributed by atoms with Gasteiger partial charge in [0, 0.05) is 15.9 Å². The van der Waals surface area contributed by atoms with E-state index in [9.17, 15) is 4.79 Å². The lowest BCUT2D eigenvalue weighted by Gasteiger charge is -2.08. The smallest absolute Gasteiger partial charge is 0.174 e. The topological polar surface area (TPSA) is 35.5 Å². The molecule has 2 aromatic carbocycles. The second-order valence-electron chi connectivity index (χ2n) is 4.42. The molecule has 3 nitrogen and oxygen atoms in total. The van der Waals surface area contributed by atoms with Gasteiger partial charge in [0.15, 0.2) is 5.78 Å². The highest BCUT2D eigenvalue weighted by atomic mass is 79.9. The number of hydrogen-bond acceptors (Lipinski definition) is 3. The predicted molar refractivity (Wildman–Crippen MR) is 86.4 cm³/mol. The van der Waals surface area contributed by atoms with Gasteiger partial charge in [-0.05, 0) is 48.0 Å². The molecule has 0 unspecified atom stereocenters. The summed E-state index contributed by atoms with van der Waals surface area (Å²) in [6.07, 6.45) is 0.283. The Kier molecular flexibility index (Phi) is 5.65. The summed E-state index contributed by atoms with van der Waals surface area (Å²) in [5.41, 5.74) is 0.874. The molecule has 2 aromatic rings. The van der Waals surface area contributed by atoms with Crippen LogP contribution in [-0.2, 0) is 11.2 Å². The zero-order chi connectivity index (χ0) is 15.2. The first-order valence-electron chi connectivity index (χ1n) is 6.31. The van der Waals surface area contributed by atoms with Crippen molar-refractivity contribution in [3.63, 3.8) is 0 Å². The molecule has 0 saturated heterocycles. The summed E-state index contributed by atoms with van der Waals surface area (Å²) in [7, 11) is 1.60. The van der Waals surface area contributed by atoms with Crippen molar-refractivity contribution >= 4 is 33.3 Å². The highest BCUT2D eigenvalue weighted by molar-refractivity contribution is 9.10. The molecule has 0 heterocycles. The number of Topliss-reactive ketones (excluding diaryl/α,β-unsaturated/α-hetero) is 1. The van der Waals surface area contributed by atoms with Gasteiger partial charge < -0.3 is 9.47 Å². The van der Waals surface area contributed by atoms with E-state index in [1.54, 1.807) is 31.4 Å². The van der Waals surface area contributed by atoms with Crippen LogP contribution in [0.25, 0.3) is 0 Å². The molecule has 0 saturated carbocycles. The molecule has 0 aliphatic heterocycles. The second-order valence-corrected chi connectivity index (χ2v) is 5.71. The monoisotopic (exact) mass is 368 g/mol. The van der Waals surface area contributed by atoms with Crippen LogP contribution in [0, 0.1) is 0 Å². The third kappa shape index (κ3) is 4.76. The maximum Gasteiger partial charge on any atom is 0.174 e. The molecule has 0 bridgehead atoms. The van der Waals surface area contributed by atoms with Gasteiger partial charge >= 0.3 is 0 Å². The number of hydrogen-bond donors (Lipinski definition) is 0. The molecule has 0 aliphatic carbocycles. The fraction of sp³-hybridized carbons (Fsp3) is 0.188. The number of ketones is 1. The molecule has 2 rings (SSSR count). The van der Waals surface area contributed by atoms with Gasteiger partial charge in [0.25, 0.3) is 0 Å². The van der Waals surface area contributed by atoms with E-state index in [0.29, 0.717) is 10.8 Å². The summed E-state index contributed by atoms with van der Waals surface area (Å²) >= 11 is 9.22. The summed E-state index contributed by atoms with van der Waals surface area (Å²) in [5, 5.41) is 0.633. The van der Waals surface area contributed by atoms with E-state index < -0.39 is 0 Å². The number of rotatable bonds is 6. The number of carbonyl (C=O) groups excluding carboxylic acids is 1. The van der Waals surface area contributed by atoms with Gasteiger partial charge in [0.2, 0.25) is 0 Å². The van der Waals surface area contributed by atoms with Crippen LogP contribution in [-0.4, -0.2) is 19.5 Å². The van der Waals surface area contributed by atoms with Crippen molar-refractivity contribution < 1.29 is 14.3 Å². The van der Waals surface area contributed by atoms with E-state index in [1.165, 1.54) is 0 Å². The third-order valence-corrected chi connectivity index (χ3v) is 3.88. The predicted octanol–water partition coefficient (Wildman–Crippen LogP) is 4.30. The molecule has 5 heteroatoms. The number of benzene rings is 2. The zero-order valence-corrected chi connectivity index (χ0v) is 13.8. The molecule has 21 heavy (non-hydrogen) atoms. The lowest BCUT2D eigenvalue weighted by Crippen LogP contribution is -2.14. The van der Waals surface area contributed by atoms with E-state index in [1.807, 2.05) is 18.2 Å². The van der Waals surface area contributed by atoms with E-state index in [4.69, 9.17) is 21.1 Å². The first kappa shape index (κ1) is 15.9. The Balaban J connectivity index is 1.94. The Hall–Kier alpha value is -1.52. The number of methoxy groups -OCH3 is 1. The van der Waals surface area contributed by atoms with Gasteiger partial charge in [-0.3, -0.25) is 4.79 Å². The van der Waals surface area contributed by atoms with Crippen LogP contribution in [0.4, 0.5) is 0 Å². The van der Waals surface area contributed by atoms with Crippen molar-refractivity contribution in [2.75, 3.05) is 13.7 Å². The molecular weight excluding hydrogens is 356 g/mol. The quantitative estimate of drug-likeness (QED) is 0.761. The van der Waals surface area contributed by atoms with Gasteiger partial charge in [-0.1, -0.05) is 27.5 Å². The summed E-state index contributed by atoms with van der Waals surface area (Å²) < 4.78 is 11.5. The third-order valence-electron chi connectivity index (χ3n) is 2.85. The molecule has 0 fully saturated rings. The molecule has 0 aliphatic rings. The van der Waals surface area contributed by atoms with Crippen LogP contribution in [0.5, 0.6) is 11.5 Å². The molecule has 110 valence electrons. The number of carbonyl (C=O) groups is 1. The highest BCUT2D eigenvalue weighted by Crippen LogP contribution is 2.23. The lowest BCUT2D eigenvalue weighted by molar-refractivity contribution is -0.120. The van der Waals surface area contributed by atoms with Gasteiger partial charge in [-0.25, -0.2) is 0 Å². The van der Waals surface area contributed by atoms with E-state index in [0.717, 1.165) is 15.8 Å². The van der Waals surface area contributed by atoms with Crippen molar-refractivity contribution in [3.8, 4) is 11.5 Å². The SMILES string of the molecule is COc1ccc(Br)c(CC(=O)COc2ccc(Cl)cc2)c1.